The fraction of sp³-hybridized carbons (Fsp3) is 0.300. The minimum Gasteiger partial charge on any atom is -0.334 e. The van der Waals surface area contributed by atoms with Gasteiger partial charge in [0, 0.05) is 11.1 Å². The molecular formula is C20H22N3O3S+. The van der Waals surface area contributed by atoms with E-state index in [1.165, 1.54) is 49.8 Å². The molecule has 7 heteroatoms. The van der Waals surface area contributed by atoms with Crippen LogP contribution in [0.15, 0.2) is 57.9 Å². The van der Waals surface area contributed by atoms with Crippen molar-refractivity contribution >= 4 is 10.0 Å². The van der Waals surface area contributed by atoms with E-state index in [0.717, 1.165) is 5.56 Å². The fourth-order valence-corrected chi connectivity index (χ4v) is 4.12. The molecule has 0 amide bonds. The molecule has 1 heterocycles. The van der Waals surface area contributed by atoms with Crippen LogP contribution >= 0.6 is 0 Å². The summed E-state index contributed by atoms with van der Waals surface area (Å²) in [4.78, 5) is 4.60. The number of nitrogens with two attached hydrogens (primary N) is 1. The zero-order valence-electron chi connectivity index (χ0n) is 14.9. The van der Waals surface area contributed by atoms with Crippen molar-refractivity contribution in [2.24, 2.45) is 5.14 Å². The molecule has 0 bridgehead atoms. The number of nitrogens with zero attached hydrogens (tertiary/aromatic N) is 2. The fourth-order valence-electron chi connectivity index (χ4n) is 3.59. The Labute approximate surface area is 158 Å². The van der Waals surface area contributed by atoms with Gasteiger partial charge in [0.25, 0.3) is 5.89 Å². The Bertz CT molecular complexity index is 1020. The van der Waals surface area contributed by atoms with E-state index in [0.29, 0.717) is 23.2 Å². The van der Waals surface area contributed by atoms with E-state index in [9.17, 15) is 8.42 Å². The lowest BCUT2D eigenvalue weighted by molar-refractivity contribution is 0.432. The smallest absolute Gasteiger partial charge is 0.334 e. The predicted octanol–water partition coefficient (Wildman–Crippen LogP) is 4.26. The molecule has 1 unspecified atom stereocenters. The van der Waals surface area contributed by atoms with Gasteiger partial charge in [0.15, 0.2) is 0 Å². The molecule has 6 nitrogen and oxygen atoms in total. The van der Waals surface area contributed by atoms with Crippen LogP contribution in [0.1, 0.15) is 43.6 Å². The first kappa shape index (κ1) is 17.9. The molecule has 0 saturated heterocycles. The van der Waals surface area contributed by atoms with Crippen molar-refractivity contribution in [1.82, 2.24) is 10.1 Å². The summed E-state index contributed by atoms with van der Waals surface area (Å²) >= 11 is 0. The zero-order valence-corrected chi connectivity index (χ0v) is 15.7. The van der Waals surface area contributed by atoms with Gasteiger partial charge < -0.3 is 4.52 Å². The highest BCUT2D eigenvalue weighted by Crippen LogP contribution is 2.33. The molecule has 4 rings (SSSR count). The van der Waals surface area contributed by atoms with Crippen LogP contribution in [0, 0.1) is 0 Å². The molecule has 140 valence electrons. The van der Waals surface area contributed by atoms with Crippen molar-refractivity contribution in [2.75, 3.05) is 0 Å². The maximum absolute atomic E-state index is 11.5. The Hall–Kier alpha value is -2.51. The molecule has 1 aromatic heterocycles. The molecule has 2 aromatic carbocycles. The highest BCUT2D eigenvalue weighted by molar-refractivity contribution is 7.89. The zero-order chi connectivity index (χ0) is 18.9. The molecule has 0 aliphatic heterocycles. The summed E-state index contributed by atoms with van der Waals surface area (Å²) in [5.74, 6) is 1.54. The standard InChI is InChI=1S/C20H21N3O3S/c21-27(24,25)18-12-10-16(11-13-18)19-22-20(26-23-19)17-8-6-15(7-9-17)14-4-2-1-3-5-14/h6-14H,1-5H2,(H2,21,24,25)/p+1. The summed E-state index contributed by atoms with van der Waals surface area (Å²) < 4.78 is 26.2. The lowest BCUT2D eigenvalue weighted by Gasteiger charge is -2.21. The number of benzene rings is 2. The predicted molar refractivity (Wildman–Crippen MR) is 104 cm³/mol. The molecule has 27 heavy (non-hydrogen) atoms. The first-order valence-corrected chi connectivity index (χ1v) is 10.7. The molecule has 0 spiro atoms. The average molecular weight is 384 g/mol. The summed E-state index contributed by atoms with van der Waals surface area (Å²) in [5.41, 5.74) is 2.95. The van der Waals surface area contributed by atoms with Crippen LogP contribution in [-0.4, -0.2) is 18.6 Å². The molecule has 1 aliphatic rings. The van der Waals surface area contributed by atoms with Crippen LogP contribution in [0.4, 0.5) is 0 Å². The molecule has 1 aliphatic carbocycles. The van der Waals surface area contributed by atoms with Crippen LogP contribution in [-0.2, 0) is 10.0 Å². The van der Waals surface area contributed by atoms with Crippen LogP contribution in [0.5, 0.6) is 0 Å². The highest BCUT2D eigenvalue weighted by atomic mass is 32.2. The Morgan fingerprint density at radius 1 is 0.963 bits per heavy atom. The molecule has 1 fully saturated rings. The molecule has 3 aromatic rings. The van der Waals surface area contributed by atoms with Crippen molar-refractivity contribution < 1.29 is 12.9 Å². The normalized spacial score (nSPS) is 17.5. The van der Waals surface area contributed by atoms with E-state index < -0.39 is 10.0 Å². The first-order valence-electron chi connectivity index (χ1n) is 9.09. The summed E-state index contributed by atoms with van der Waals surface area (Å²) in [5, 5.41) is 9.24. The Kier molecular flexibility index (Phi) is 4.80. The minimum atomic E-state index is -3.47. The summed E-state index contributed by atoms with van der Waals surface area (Å²) in [6.45, 7) is 0. The van der Waals surface area contributed by atoms with Gasteiger partial charge in [-0.2, -0.15) is 14.3 Å². The van der Waals surface area contributed by atoms with Crippen LogP contribution < -0.4 is 5.14 Å². The van der Waals surface area contributed by atoms with Crippen LogP contribution in [0.25, 0.3) is 22.8 Å². The Morgan fingerprint density at radius 2 is 1.59 bits per heavy atom. The number of hydrogen-bond donors (Lipinski definition) is 1. The minimum absolute atomic E-state index is 0.160. The van der Waals surface area contributed by atoms with Crippen LogP contribution in [0.2, 0.25) is 0 Å². The van der Waals surface area contributed by atoms with Crippen molar-refractivity contribution in [3.63, 3.8) is 0 Å². The average Bonchev–Trinajstić information content (AvgIpc) is 3.18. The van der Waals surface area contributed by atoms with Crippen molar-refractivity contribution in [2.45, 2.75) is 42.9 Å². The van der Waals surface area contributed by atoms with Crippen molar-refractivity contribution in [3.8, 4) is 22.8 Å². The monoisotopic (exact) mass is 384 g/mol. The lowest BCUT2D eigenvalue weighted by Crippen LogP contribution is -2.11. The van der Waals surface area contributed by atoms with Crippen LogP contribution in [0.3, 0.4) is 0 Å². The largest absolute Gasteiger partial charge is 0.370 e. The molecule has 1 saturated carbocycles. The maximum atomic E-state index is 11.5. The second-order valence-corrected chi connectivity index (χ2v) is 8.58. The third-order valence-corrected chi connectivity index (χ3v) is 6.06. The van der Waals surface area contributed by atoms with Gasteiger partial charge in [0.2, 0.25) is 5.82 Å². The maximum Gasteiger partial charge on any atom is 0.370 e. The second-order valence-electron chi connectivity index (χ2n) is 6.97. The lowest BCUT2D eigenvalue weighted by atomic mass is 9.84. The van der Waals surface area contributed by atoms with Gasteiger partial charge in [0.05, 0.1) is 0 Å². The van der Waals surface area contributed by atoms with E-state index in [-0.39, 0.29) is 4.90 Å². The van der Waals surface area contributed by atoms with Gasteiger partial charge in [-0.05, 0) is 60.7 Å². The molecule has 3 N–H and O–H groups in total. The van der Waals surface area contributed by atoms with Gasteiger partial charge in [-0.25, -0.2) is 4.21 Å². The van der Waals surface area contributed by atoms with Crippen molar-refractivity contribution in [1.29, 1.82) is 0 Å². The summed E-state index contributed by atoms with van der Waals surface area (Å²) in [7, 11) is -3.47. The number of hydrogen-bond acceptors (Lipinski definition) is 4. The second kappa shape index (κ2) is 7.25. The first-order chi connectivity index (χ1) is 13.0. The Morgan fingerprint density at radius 3 is 2.22 bits per heavy atom. The quantitative estimate of drug-likeness (QED) is 0.679. The number of rotatable bonds is 4. The van der Waals surface area contributed by atoms with E-state index in [4.69, 9.17) is 9.66 Å². The highest BCUT2D eigenvalue weighted by Gasteiger charge is 2.17. The van der Waals surface area contributed by atoms with Gasteiger partial charge in [0.1, 0.15) is 4.90 Å². The van der Waals surface area contributed by atoms with Gasteiger partial charge in [-0.1, -0.05) is 36.6 Å². The SMILES string of the molecule is NS(=O)(=[OH+])c1ccc(-c2noc(-c3ccc(C4CCCCC4)cc3)n2)cc1. The summed E-state index contributed by atoms with van der Waals surface area (Å²) in [6, 6.07) is 14.7. The third-order valence-electron chi connectivity index (χ3n) is 5.11. The van der Waals surface area contributed by atoms with Gasteiger partial charge in [-0.15, -0.1) is 0 Å². The number of aromatic nitrogens is 2. The molecule has 1 atom stereocenters. The third kappa shape index (κ3) is 3.94. The van der Waals surface area contributed by atoms with Gasteiger partial charge >= 0.3 is 10.0 Å². The van der Waals surface area contributed by atoms with E-state index in [1.54, 1.807) is 12.1 Å². The topological polar surface area (TPSA) is 103 Å². The molecular weight excluding hydrogens is 362 g/mol. The Balaban J connectivity index is 1.53. The summed E-state index contributed by atoms with van der Waals surface area (Å²) in [6.07, 6.45) is 6.51. The molecule has 0 radical (unpaired) electrons. The van der Waals surface area contributed by atoms with E-state index in [1.807, 2.05) is 12.1 Å². The van der Waals surface area contributed by atoms with Gasteiger partial charge in [-0.3, -0.25) is 0 Å². The van der Waals surface area contributed by atoms with E-state index in [2.05, 4.69) is 22.3 Å². The van der Waals surface area contributed by atoms with E-state index >= 15 is 0 Å². The van der Waals surface area contributed by atoms with Crippen molar-refractivity contribution in [3.05, 3.63) is 54.1 Å².